The van der Waals surface area contributed by atoms with Crippen molar-refractivity contribution in [3.8, 4) is 12.3 Å². The van der Waals surface area contributed by atoms with Gasteiger partial charge in [0.25, 0.3) is 0 Å². The van der Waals surface area contributed by atoms with Gasteiger partial charge in [-0.25, -0.2) is 22.0 Å². The third-order valence-corrected chi connectivity index (χ3v) is 5.84. The Hall–Kier alpha value is -2.38. The maximum absolute atomic E-state index is 12.4. The number of nitrogens with two attached hydrogens (primary N) is 1. The number of aliphatic hydroxyl groups excluding tert-OH is 1. The van der Waals surface area contributed by atoms with Gasteiger partial charge in [0.15, 0.2) is 0 Å². The molecule has 0 fully saturated rings. The highest BCUT2D eigenvalue weighted by Gasteiger charge is 2.19. The number of hydrogen-bond donors (Lipinski definition) is 3. The topological polar surface area (TPSA) is 127 Å². The molecule has 0 atom stereocenters. The van der Waals surface area contributed by atoms with Crippen LogP contribution in [0, 0.1) is 12.3 Å². The molecule has 0 heterocycles. The zero-order valence-electron chi connectivity index (χ0n) is 13.7. The fraction of sp³-hybridized carbons (Fsp3) is 0.176. The molecule has 0 aliphatic heterocycles. The number of hydrogen-bond acceptors (Lipinski definition) is 5. The summed E-state index contributed by atoms with van der Waals surface area (Å²) in [6.45, 7) is -0.404. The number of anilines is 1. The first-order valence-electron chi connectivity index (χ1n) is 7.48. The lowest BCUT2D eigenvalue weighted by molar-refractivity contribution is 0.281. The summed E-state index contributed by atoms with van der Waals surface area (Å²) >= 11 is 0. The summed E-state index contributed by atoms with van der Waals surface area (Å²) in [6, 6.07) is 10.7. The summed E-state index contributed by atoms with van der Waals surface area (Å²) in [6.07, 6.45) is 5.55. The van der Waals surface area contributed by atoms with Gasteiger partial charge in [-0.05, 0) is 35.7 Å². The Morgan fingerprint density at radius 2 is 1.81 bits per heavy atom. The third-order valence-electron chi connectivity index (χ3n) is 3.61. The summed E-state index contributed by atoms with van der Waals surface area (Å²) in [5, 5.41) is 14.3. The first kappa shape index (κ1) is 19.9. The van der Waals surface area contributed by atoms with E-state index < -0.39 is 31.5 Å². The van der Waals surface area contributed by atoms with Crippen LogP contribution in [0.15, 0.2) is 47.4 Å². The standard InChI is InChI=1S/C17H18N2O5S2/c1-2-14-5-3-4-6-15(14)9-10-25(21,22)19-16-8-7-13(12-20)11-17(16)26(18,23)24/h1,3-8,11,19-20H,9-10,12H2,(H2,18,23,24). The van der Waals surface area contributed by atoms with E-state index in [0.717, 1.165) is 6.07 Å². The van der Waals surface area contributed by atoms with Crippen LogP contribution < -0.4 is 9.86 Å². The van der Waals surface area contributed by atoms with Crippen LogP contribution in [0.25, 0.3) is 0 Å². The molecule has 0 saturated carbocycles. The van der Waals surface area contributed by atoms with Crippen LogP contribution in [0.1, 0.15) is 16.7 Å². The predicted octanol–water partition coefficient (Wildman–Crippen LogP) is 0.792. The average molecular weight is 394 g/mol. The van der Waals surface area contributed by atoms with E-state index in [2.05, 4.69) is 10.6 Å². The molecule has 2 aromatic carbocycles. The second-order valence-corrected chi connectivity index (χ2v) is 8.88. The van der Waals surface area contributed by atoms with E-state index in [9.17, 15) is 16.8 Å². The molecule has 2 aromatic rings. The van der Waals surface area contributed by atoms with E-state index >= 15 is 0 Å². The highest BCUT2D eigenvalue weighted by atomic mass is 32.2. The maximum Gasteiger partial charge on any atom is 0.240 e. The van der Waals surface area contributed by atoms with Gasteiger partial charge in [0.05, 0.1) is 18.0 Å². The van der Waals surface area contributed by atoms with Crippen LogP contribution in [-0.2, 0) is 33.1 Å². The normalized spacial score (nSPS) is 11.7. The third kappa shape index (κ3) is 5.06. The summed E-state index contributed by atoms with van der Waals surface area (Å²) in [5.74, 6) is 2.19. The molecule has 0 spiro atoms. The van der Waals surface area contributed by atoms with Crippen molar-refractivity contribution in [2.75, 3.05) is 10.5 Å². The van der Waals surface area contributed by atoms with Crippen molar-refractivity contribution >= 4 is 25.7 Å². The van der Waals surface area contributed by atoms with Crippen LogP contribution in [0.5, 0.6) is 0 Å². The van der Waals surface area contributed by atoms with Gasteiger partial charge in [0, 0.05) is 5.56 Å². The van der Waals surface area contributed by atoms with E-state index in [4.69, 9.17) is 16.7 Å². The minimum Gasteiger partial charge on any atom is -0.392 e. The highest BCUT2D eigenvalue weighted by Crippen LogP contribution is 2.23. The minimum absolute atomic E-state index is 0.162. The second kappa shape index (κ2) is 7.88. The Kier molecular flexibility index (Phi) is 6.05. The number of nitrogens with one attached hydrogen (secondary N) is 1. The quantitative estimate of drug-likeness (QED) is 0.599. The van der Waals surface area contributed by atoms with Crippen LogP contribution in [0.2, 0.25) is 0 Å². The molecule has 0 unspecified atom stereocenters. The first-order chi connectivity index (χ1) is 12.2. The van der Waals surface area contributed by atoms with Gasteiger partial charge in [-0.15, -0.1) is 6.42 Å². The van der Waals surface area contributed by atoms with Gasteiger partial charge >= 0.3 is 0 Å². The second-order valence-electron chi connectivity index (χ2n) is 5.51. The number of primary sulfonamides is 1. The van der Waals surface area contributed by atoms with Crippen molar-refractivity contribution in [2.24, 2.45) is 5.14 Å². The molecular weight excluding hydrogens is 376 g/mol. The van der Waals surface area contributed by atoms with E-state index in [1.165, 1.54) is 12.1 Å². The summed E-state index contributed by atoms with van der Waals surface area (Å²) in [4.78, 5) is -0.406. The molecule has 0 bridgehead atoms. The summed E-state index contributed by atoms with van der Waals surface area (Å²) in [7, 11) is -8.04. The van der Waals surface area contributed by atoms with Gasteiger partial charge in [0.2, 0.25) is 20.0 Å². The van der Waals surface area contributed by atoms with Crippen molar-refractivity contribution < 1.29 is 21.9 Å². The van der Waals surface area contributed by atoms with Crippen LogP contribution >= 0.6 is 0 Å². The molecule has 0 saturated heterocycles. The minimum atomic E-state index is -4.18. The monoisotopic (exact) mass is 394 g/mol. The molecule has 138 valence electrons. The molecule has 4 N–H and O–H groups in total. The zero-order valence-corrected chi connectivity index (χ0v) is 15.3. The van der Waals surface area contributed by atoms with Crippen molar-refractivity contribution in [3.05, 3.63) is 59.2 Å². The van der Waals surface area contributed by atoms with Crippen molar-refractivity contribution in [2.45, 2.75) is 17.9 Å². The van der Waals surface area contributed by atoms with E-state index in [1.807, 2.05) is 0 Å². The van der Waals surface area contributed by atoms with Crippen molar-refractivity contribution in [3.63, 3.8) is 0 Å². The van der Waals surface area contributed by atoms with Crippen LogP contribution in [0.4, 0.5) is 5.69 Å². The predicted molar refractivity (Wildman–Crippen MR) is 99.2 cm³/mol. The highest BCUT2D eigenvalue weighted by molar-refractivity contribution is 7.93. The lowest BCUT2D eigenvalue weighted by atomic mass is 10.1. The molecule has 0 aliphatic rings. The van der Waals surface area contributed by atoms with Gasteiger partial charge in [0.1, 0.15) is 4.90 Å². The van der Waals surface area contributed by atoms with Gasteiger partial charge in [-0.3, -0.25) is 4.72 Å². The molecular formula is C17H18N2O5S2. The Labute approximate surface area is 153 Å². The lowest BCUT2D eigenvalue weighted by Gasteiger charge is -2.13. The Morgan fingerprint density at radius 3 is 2.42 bits per heavy atom. The van der Waals surface area contributed by atoms with E-state index in [-0.39, 0.29) is 17.9 Å². The Bertz CT molecular complexity index is 1050. The summed E-state index contributed by atoms with van der Waals surface area (Å²) < 4.78 is 50.4. The zero-order chi connectivity index (χ0) is 19.4. The van der Waals surface area contributed by atoms with E-state index in [0.29, 0.717) is 16.7 Å². The molecule has 26 heavy (non-hydrogen) atoms. The fourth-order valence-corrected chi connectivity index (χ4v) is 4.24. The molecule has 2 rings (SSSR count). The van der Waals surface area contributed by atoms with Crippen LogP contribution in [0.3, 0.4) is 0 Å². The Morgan fingerprint density at radius 1 is 1.12 bits per heavy atom. The number of rotatable bonds is 7. The number of terminal acetylenes is 1. The number of aryl methyl sites for hydroxylation is 1. The smallest absolute Gasteiger partial charge is 0.240 e. The molecule has 7 nitrogen and oxygen atoms in total. The molecule has 9 heteroatoms. The largest absolute Gasteiger partial charge is 0.392 e. The van der Waals surface area contributed by atoms with Gasteiger partial charge < -0.3 is 5.11 Å². The fourth-order valence-electron chi connectivity index (χ4n) is 2.33. The molecule has 0 aromatic heterocycles. The Balaban J connectivity index is 2.26. The molecule has 0 amide bonds. The van der Waals surface area contributed by atoms with Crippen molar-refractivity contribution in [1.29, 1.82) is 0 Å². The molecule has 0 aliphatic carbocycles. The maximum atomic E-state index is 12.4. The first-order valence-corrected chi connectivity index (χ1v) is 10.7. The van der Waals surface area contributed by atoms with Gasteiger partial charge in [-0.1, -0.05) is 30.2 Å². The van der Waals surface area contributed by atoms with Crippen LogP contribution in [-0.4, -0.2) is 27.7 Å². The number of benzene rings is 2. The number of sulfonamides is 2. The SMILES string of the molecule is C#Cc1ccccc1CCS(=O)(=O)Nc1ccc(CO)cc1S(N)(=O)=O. The summed E-state index contributed by atoms with van der Waals surface area (Å²) in [5.41, 5.74) is 1.41. The number of aliphatic hydroxyl groups is 1. The lowest BCUT2D eigenvalue weighted by Crippen LogP contribution is -2.22. The average Bonchev–Trinajstić information content (AvgIpc) is 2.59. The van der Waals surface area contributed by atoms with Gasteiger partial charge in [-0.2, -0.15) is 0 Å². The van der Waals surface area contributed by atoms with Crippen molar-refractivity contribution in [1.82, 2.24) is 0 Å². The molecule has 0 radical (unpaired) electrons. The van der Waals surface area contributed by atoms with E-state index in [1.54, 1.807) is 24.3 Å².